The summed E-state index contributed by atoms with van der Waals surface area (Å²) in [5, 5.41) is 0. The quantitative estimate of drug-likeness (QED) is 0.328. The monoisotopic (exact) mass is 462 g/mol. The van der Waals surface area contributed by atoms with E-state index in [9.17, 15) is 8.78 Å². The Bertz CT molecular complexity index is 990. The number of halogens is 4. The van der Waals surface area contributed by atoms with Crippen LogP contribution < -0.4 is 0 Å². The van der Waals surface area contributed by atoms with Crippen LogP contribution in [0.1, 0.15) is 68.4 Å². The summed E-state index contributed by atoms with van der Waals surface area (Å²) in [6.45, 7) is 6.53. The molecule has 0 spiro atoms. The van der Waals surface area contributed by atoms with Gasteiger partial charge in [-0.05, 0) is 62.5 Å². The van der Waals surface area contributed by atoms with Gasteiger partial charge < -0.3 is 9.47 Å². The van der Waals surface area contributed by atoms with Crippen molar-refractivity contribution in [1.82, 2.24) is 0 Å². The van der Waals surface area contributed by atoms with Crippen LogP contribution in [-0.4, -0.2) is 25.4 Å². The molecule has 2 atom stereocenters. The largest absolute Gasteiger partial charge is 0.379 e. The van der Waals surface area contributed by atoms with E-state index in [1.807, 2.05) is 6.92 Å². The second-order valence-corrected chi connectivity index (χ2v) is 8.97. The zero-order valence-electron chi connectivity index (χ0n) is 18.9. The minimum atomic E-state index is -1.17. The van der Waals surface area contributed by atoms with Gasteiger partial charge >= 0.3 is 0 Å². The standard InChI is InChI=1S/C27H30F4O2/c1-3-18-8-7-17(15-33-18)21-12-14-23(27(31)25(21)29)22-13-11-20(24(28)26(22)30)16-5-9-19(10-6-16)32-4-2/h3,11-14,16-19H,1,4-10,15H2,2H3. The Hall–Kier alpha value is -2.18. The molecular weight excluding hydrogens is 432 g/mol. The first-order valence-corrected chi connectivity index (χ1v) is 11.8. The molecule has 1 heterocycles. The highest BCUT2D eigenvalue weighted by Crippen LogP contribution is 2.39. The summed E-state index contributed by atoms with van der Waals surface area (Å²) in [5.41, 5.74) is -0.0593. The van der Waals surface area contributed by atoms with E-state index >= 15 is 8.78 Å². The van der Waals surface area contributed by atoms with Gasteiger partial charge in [0.05, 0.1) is 18.8 Å². The Morgan fingerprint density at radius 3 is 1.85 bits per heavy atom. The minimum absolute atomic E-state index is 0.0850. The average molecular weight is 463 g/mol. The molecule has 1 aliphatic heterocycles. The lowest BCUT2D eigenvalue weighted by atomic mass is 9.81. The van der Waals surface area contributed by atoms with Crippen molar-refractivity contribution < 1.29 is 27.0 Å². The lowest BCUT2D eigenvalue weighted by Gasteiger charge is -2.29. The van der Waals surface area contributed by atoms with Crippen molar-refractivity contribution in [2.24, 2.45) is 0 Å². The van der Waals surface area contributed by atoms with Gasteiger partial charge in [0.25, 0.3) is 0 Å². The van der Waals surface area contributed by atoms with Crippen molar-refractivity contribution in [3.05, 3.63) is 71.3 Å². The van der Waals surface area contributed by atoms with Crippen LogP contribution in [0.2, 0.25) is 0 Å². The van der Waals surface area contributed by atoms with Crippen LogP contribution in [0.5, 0.6) is 0 Å². The third kappa shape index (κ3) is 4.87. The summed E-state index contributed by atoms with van der Waals surface area (Å²) in [6.07, 6.45) is 6.07. The number of rotatable bonds is 6. The van der Waals surface area contributed by atoms with Crippen LogP contribution in [0.4, 0.5) is 17.6 Å². The highest BCUT2D eigenvalue weighted by Gasteiger charge is 2.29. The second kappa shape index (κ2) is 10.4. The first-order chi connectivity index (χ1) is 15.9. The summed E-state index contributed by atoms with van der Waals surface area (Å²) in [5.74, 6) is -4.72. The molecule has 1 aliphatic carbocycles. The van der Waals surface area contributed by atoms with Crippen LogP contribution in [0.25, 0.3) is 11.1 Å². The van der Waals surface area contributed by atoms with Crippen LogP contribution in [0, 0.1) is 23.3 Å². The SMILES string of the molecule is C=CC1CCC(c2ccc(-c3ccc(C4CCC(OCC)CC4)c(F)c3F)c(F)c2F)CO1. The Kier molecular flexibility index (Phi) is 7.55. The molecule has 2 nitrogen and oxygen atoms in total. The predicted octanol–water partition coefficient (Wildman–Crippen LogP) is 7.42. The third-order valence-corrected chi connectivity index (χ3v) is 7.04. The molecule has 178 valence electrons. The van der Waals surface area contributed by atoms with Crippen molar-refractivity contribution in [1.29, 1.82) is 0 Å². The van der Waals surface area contributed by atoms with Gasteiger partial charge in [0.2, 0.25) is 0 Å². The fourth-order valence-electron chi connectivity index (χ4n) is 5.15. The zero-order chi connectivity index (χ0) is 23.5. The summed E-state index contributed by atoms with van der Waals surface area (Å²) >= 11 is 0. The molecule has 2 unspecified atom stereocenters. The van der Waals surface area contributed by atoms with Gasteiger partial charge in [-0.3, -0.25) is 0 Å². The number of hydrogen-bond donors (Lipinski definition) is 0. The van der Waals surface area contributed by atoms with E-state index < -0.39 is 23.3 Å². The van der Waals surface area contributed by atoms with E-state index in [2.05, 4.69) is 6.58 Å². The van der Waals surface area contributed by atoms with Crippen molar-refractivity contribution >= 4 is 0 Å². The maximum Gasteiger partial charge on any atom is 0.167 e. The van der Waals surface area contributed by atoms with Crippen LogP contribution in [0.3, 0.4) is 0 Å². The maximum absolute atomic E-state index is 15.0. The van der Waals surface area contributed by atoms with Gasteiger partial charge in [-0.2, -0.15) is 0 Å². The number of ether oxygens (including phenoxy) is 2. The molecule has 33 heavy (non-hydrogen) atoms. The lowest BCUT2D eigenvalue weighted by Crippen LogP contribution is -2.23. The Morgan fingerprint density at radius 2 is 1.36 bits per heavy atom. The normalized spacial score (nSPS) is 25.7. The van der Waals surface area contributed by atoms with Gasteiger partial charge in [0, 0.05) is 23.7 Å². The summed E-state index contributed by atoms with van der Waals surface area (Å²) in [7, 11) is 0. The van der Waals surface area contributed by atoms with E-state index in [0.29, 0.717) is 37.9 Å². The molecule has 1 saturated carbocycles. The Morgan fingerprint density at radius 1 is 0.818 bits per heavy atom. The summed E-state index contributed by atoms with van der Waals surface area (Å²) in [4.78, 5) is 0. The molecular formula is C27H30F4O2. The van der Waals surface area contributed by atoms with Crippen molar-refractivity contribution in [2.45, 2.75) is 69.5 Å². The van der Waals surface area contributed by atoms with Crippen molar-refractivity contribution in [3.8, 4) is 11.1 Å². The molecule has 6 heteroatoms. The van der Waals surface area contributed by atoms with Gasteiger partial charge in [-0.1, -0.05) is 30.3 Å². The fourth-order valence-corrected chi connectivity index (χ4v) is 5.15. The topological polar surface area (TPSA) is 18.5 Å². The third-order valence-electron chi connectivity index (χ3n) is 7.04. The molecule has 0 radical (unpaired) electrons. The van der Waals surface area contributed by atoms with Crippen LogP contribution >= 0.6 is 0 Å². The van der Waals surface area contributed by atoms with E-state index in [0.717, 1.165) is 12.8 Å². The van der Waals surface area contributed by atoms with E-state index in [1.165, 1.54) is 24.3 Å². The van der Waals surface area contributed by atoms with E-state index in [1.54, 1.807) is 6.08 Å². The van der Waals surface area contributed by atoms with Gasteiger partial charge in [0.15, 0.2) is 23.3 Å². The number of hydrogen-bond acceptors (Lipinski definition) is 2. The number of benzene rings is 2. The molecule has 2 aromatic rings. The van der Waals surface area contributed by atoms with Gasteiger partial charge in [-0.15, -0.1) is 6.58 Å². The first kappa shape index (κ1) is 24.0. The predicted molar refractivity (Wildman–Crippen MR) is 120 cm³/mol. The summed E-state index contributed by atoms with van der Waals surface area (Å²) < 4.78 is 71.2. The molecule has 4 rings (SSSR count). The zero-order valence-corrected chi connectivity index (χ0v) is 18.9. The Labute approximate surface area is 192 Å². The van der Waals surface area contributed by atoms with E-state index in [4.69, 9.17) is 9.47 Å². The summed E-state index contributed by atoms with van der Waals surface area (Å²) in [6, 6.07) is 5.65. The van der Waals surface area contributed by atoms with Gasteiger partial charge in [0.1, 0.15) is 0 Å². The molecule has 0 bridgehead atoms. The van der Waals surface area contributed by atoms with Crippen molar-refractivity contribution in [3.63, 3.8) is 0 Å². The van der Waals surface area contributed by atoms with Crippen LogP contribution in [-0.2, 0) is 9.47 Å². The highest BCUT2D eigenvalue weighted by molar-refractivity contribution is 5.66. The second-order valence-electron chi connectivity index (χ2n) is 8.97. The van der Waals surface area contributed by atoms with Gasteiger partial charge in [-0.25, -0.2) is 17.6 Å². The Balaban J connectivity index is 1.56. The first-order valence-electron chi connectivity index (χ1n) is 11.8. The molecule has 2 aliphatic rings. The highest BCUT2D eigenvalue weighted by atomic mass is 19.2. The maximum atomic E-state index is 15.0. The van der Waals surface area contributed by atoms with Crippen molar-refractivity contribution in [2.75, 3.05) is 13.2 Å². The van der Waals surface area contributed by atoms with Crippen LogP contribution in [0.15, 0.2) is 36.9 Å². The smallest absolute Gasteiger partial charge is 0.167 e. The molecule has 1 saturated heterocycles. The molecule has 2 aromatic carbocycles. The van der Waals surface area contributed by atoms with E-state index in [-0.39, 0.29) is 47.3 Å². The average Bonchev–Trinajstić information content (AvgIpc) is 2.84. The minimum Gasteiger partial charge on any atom is -0.379 e. The molecule has 0 amide bonds. The molecule has 0 aromatic heterocycles. The lowest BCUT2D eigenvalue weighted by molar-refractivity contribution is 0.0320. The fraction of sp³-hybridized carbons (Fsp3) is 0.481. The molecule has 0 N–H and O–H groups in total. The molecule has 2 fully saturated rings.